The van der Waals surface area contributed by atoms with Gasteiger partial charge in [-0.05, 0) is 30.0 Å². The third-order valence-electron chi connectivity index (χ3n) is 4.61. The second-order valence-corrected chi connectivity index (χ2v) is 7.30. The summed E-state index contributed by atoms with van der Waals surface area (Å²) < 4.78 is 16.8. The molecular weight excluding hydrogens is 330 g/mol. The molecule has 8 nitrogen and oxygen atoms in total. The fourth-order valence-corrected chi connectivity index (χ4v) is 3.61. The first-order chi connectivity index (χ1) is 11.6. The number of carboxylic acids is 1. The number of rotatable bonds is 2. The molecule has 2 aliphatic rings. The number of ether oxygens (including phenoxy) is 3. The number of carboxylic acid groups (broad SMARTS) is 1. The maximum Gasteiger partial charge on any atom is 0.404 e. The largest absolute Gasteiger partial charge is 0.478 e. The Morgan fingerprint density at radius 3 is 2.72 bits per heavy atom. The normalized spacial score (nSPS) is 30.2. The van der Waals surface area contributed by atoms with Gasteiger partial charge in [0.05, 0.1) is 12.2 Å². The second-order valence-electron chi connectivity index (χ2n) is 7.30. The lowest BCUT2D eigenvalue weighted by Crippen LogP contribution is -2.63. The van der Waals surface area contributed by atoms with Crippen LogP contribution in [-0.2, 0) is 16.1 Å². The topological polar surface area (TPSA) is 128 Å². The molecule has 1 heterocycles. The summed E-state index contributed by atoms with van der Waals surface area (Å²) in [5.74, 6) is -2.00. The average molecular weight is 351 g/mol. The van der Waals surface area contributed by atoms with Crippen molar-refractivity contribution in [3.8, 4) is 5.75 Å². The summed E-state index contributed by atoms with van der Waals surface area (Å²) in [4.78, 5) is 22.2. The van der Waals surface area contributed by atoms with E-state index < -0.39 is 30.1 Å². The number of hydrogen-bond acceptors (Lipinski definition) is 6. The van der Waals surface area contributed by atoms with Gasteiger partial charge in [-0.25, -0.2) is 9.59 Å². The van der Waals surface area contributed by atoms with Gasteiger partial charge >= 0.3 is 12.1 Å². The Hall–Kier alpha value is -2.32. The minimum Gasteiger partial charge on any atom is -0.478 e. The molecule has 1 saturated carbocycles. The number of aliphatic hydroxyl groups is 1. The molecule has 1 amide bonds. The minimum absolute atomic E-state index is 0.0763. The Bertz CT molecular complexity index is 717. The second kappa shape index (κ2) is 5.89. The number of carbonyl (C=O) groups is 2. The van der Waals surface area contributed by atoms with Gasteiger partial charge in [-0.15, -0.1) is 0 Å². The van der Waals surface area contributed by atoms with Crippen LogP contribution in [0.1, 0.15) is 42.6 Å². The molecule has 4 N–H and O–H groups in total. The predicted molar refractivity (Wildman–Crippen MR) is 85.0 cm³/mol. The van der Waals surface area contributed by atoms with Gasteiger partial charge in [0, 0.05) is 12.0 Å². The first kappa shape index (κ1) is 17.5. The summed E-state index contributed by atoms with van der Waals surface area (Å²) in [6.07, 6.45) is -2.27. The number of aliphatic hydroxyl groups excluding tert-OH is 1. The maximum atomic E-state index is 11.1. The van der Waals surface area contributed by atoms with E-state index in [1.54, 1.807) is 6.07 Å². The van der Waals surface area contributed by atoms with Crippen LogP contribution in [0.2, 0.25) is 0 Å². The Balaban J connectivity index is 1.92. The molecule has 0 bridgehead atoms. The molecule has 0 unspecified atom stereocenters. The van der Waals surface area contributed by atoms with E-state index >= 15 is 0 Å². The lowest BCUT2D eigenvalue weighted by Gasteiger charge is -2.51. The summed E-state index contributed by atoms with van der Waals surface area (Å²) >= 11 is 0. The van der Waals surface area contributed by atoms with Crippen LogP contribution in [-0.4, -0.2) is 40.3 Å². The third-order valence-corrected chi connectivity index (χ3v) is 4.61. The first-order valence-corrected chi connectivity index (χ1v) is 7.95. The molecule has 3 atom stereocenters. The van der Waals surface area contributed by atoms with E-state index in [1.165, 1.54) is 12.1 Å². The summed E-state index contributed by atoms with van der Waals surface area (Å²) in [6.45, 7) is 3.98. The highest BCUT2D eigenvalue weighted by molar-refractivity contribution is 5.88. The highest BCUT2D eigenvalue weighted by Gasteiger charge is 2.57. The highest BCUT2D eigenvalue weighted by atomic mass is 16.7. The number of hydrogen-bond donors (Lipinski definition) is 3. The maximum absolute atomic E-state index is 11.1. The van der Waals surface area contributed by atoms with E-state index in [1.807, 2.05) is 13.8 Å². The lowest BCUT2D eigenvalue weighted by molar-refractivity contribution is -0.304. The van der Waals surface area contributed by atoms with Crippen LogP contribution < -0.4 is 10.5 Å². The molecule has 8 heteroatoms. The van der Waals surface area contributed by atoms with Crippen LogP contribution in [0, 0.1) is 5.41 Å². The number of nitrogens with two attached hydrogens (primary N) is 1. The van der Waals surface area contributed by atoms with E-state index in [-0.39, 0.29) is 17.6 Å². The minimum atomic E-state index is -1.39. The number of amides is 1. The lowest BCUT2D eigenvalue weighted by atomic mass is 9.71. The number of benzene rings is 1. The van der Waals surface area contributed by atoms with Crippen LogP contribution in [0.15, 0.2) is 18.2 Å². The van der Waals surface area contributed by atoms with Gasteiger partial charge in [0.15, 0.2) is 6.10 Å². The Morgan fingerprint density at radius 2 is 2.08 bits per heavy atom. The standard InChI is InChI=1S/C17H21NO7/c1-16(2)6-12(24-15(18)22)13(19)17(8-16)23-7-10-5-9(14(20)21)3-4-11(10)25-17/h3-5,12-13,19H,6-8H2,1-2H3,(H2,18,22)(H,20,21)/t12-,13-,17-/m1/s1. The number of primary amides is 1. The zero-order valence-corrected chi connectivity index (χ0v) is 14.0. The van der Waals surface area contributed by atoms with E-state index in [2.05, 4.69) is 0 Å². The molecule has 1 aromatic carbocycles. The molecule has 1 aliphatic carbocycles. The smallest absolute Gasteiger partial charge is 0.404 e. The van der Waals surface area contributed by atoms with Crippen molar-refractivity contribution >= 4 is 12.1 Å². The van der Waals surface area contributed by atoms with Crippen molar-refractivity contribution in [2.45, 2.75) is 51.3 Å². The Kier molecular flexibility index (Phi) is 4.12. The highest BCUT2D eigenvalue weighted by Crippen LogP contribution is 2.48. The predicted octanol–water partition coefficient (Wildman–Crippen LogP) is 1.63. The molecule has 0 radical (unpaired) electrons. The van der Waals surface area contributed by atoms with Crippen molar-refractivity contribution < 1.29 is 34.0 Å². The molecule has 3 rings (SSSR count). The summed E-state index contributed by atoms with van der Waals surface area (Å²) in [7, 11) is 0. The van der Waals surface area contributed by atoms with Crippen LogP contribution in [0.3, 0.4) is 0 Å². The van der Waals surface area contributed by atoms with Crippen LogP contribution in [0.25, 0.3) is 0 Å². The van der Waals surface area contributed by atoms with E-state index in [0.717, 1.165) is 0 Å². The number of fused-ring (bicyclic) bond motifs is 1. The van der Waals surface area contributed by atoms with Crippen molar-refractivity contribution in [1.82, 2.24) is 0 Å². The van der Waals surface area contributed by atoms with E-state index in [0.29, 0.717) is 24.2 Å². The van der Waals surface area contributed by atoms with Gasteiger partial charge in [-0.1, -0.05) is 13.8 Å². The average Bonchev–Trinajstić information content (AvgIpc) is 2.50. The number of aromatic carboxylic acids is 1. The third kappa shape index (κ3) is 3.27. The fourth-order valence-electron chi connectivity index (χ4n) is 3.61. The molecule has 1 fully saturated rings. The summed E-state index contributed by atoms with van der Waals surface area (Å²) in [6, 6.07) is 4.45. The van der Waals surface area contributed by atoms with Crippen LogP contribution >= 0.6 is 0 Å². The van der Waals surface area contributed by atoms with E-state index in [9.17, 15) is 14.7 Å². The van der Waals surface area contributed by atoms with Gasteiger partial charge in [0.2, 0.25) is 5.79 Å². The Morgan fingerprint density at radius 1 is 1.36 bits per heavy atom. The monoisotopic (exact) mass is 351 g/mol. The van der Waals surface area contributed by atoms with Crippen LogP contribution in [0.4, 0.5) is 4.79 Å². The van der Waals surface area contributed by atoms with Gasteiger partial charge in [0.1, 0.15) is 11.9 Å². The molecule has 1 aromatic rings. The van der Waals surface area contributed by atoms with Crippen molar-refractivity contribution in [3.05, 3.63) is 29.3 Å². The van der Waals surface area contributed by atoms with Crippen molar-refractivity contribution in [1.29, 1.82) is 0 Å². The molecule has 0 saturated heterocycles. The zero-order valence-electron chi connectivity index (χ0n) is 14.0. The van der Waals surface area contributed by atoms with Gasteiger partial charge < -0.3 is 30.2 Å². The van der Waals surface area contributed by atoms with Crippen LogP contribution in [0.5, 0.6) is 5.75 Å². The van der Waals surface area contributed by atoms with Gasteiger partial charge in [-0.2, -0.15) is 0 Å². The van der Waals surface area contributed by atoms with Crippen molar-refractivity contribution in [2.75, 3.05) is 0 Å². The summed E-state index contributed by atoms with van der Waals surface area (Å²) in [5.41, 5.74) is 5.47. The molecule has 0 aromatic heterocycles. The SMILES string of the molecule is CC1(C)C[C@@H](OC(N)=O)[C@@H](O)[C@]2(C1)OCc1cc(C(=O)O)ccc1O2. The Labute approximate surface area is 144 Å². The zero-order chi connectivity index (χ0) is 18.4. The molecular formula is C17H21NO7. The molecule has 1 spiro atoms. The number of carbonyl (C=O) groups excluding carboxylic acids is 1. The summed E-state index contributed by atoms with van der Waals surface area (Å²) in [5, 5.41) is 19.8. The molecule has 25 heavy (non-hydrogen) atoms. The fraction of sp³-hybridized carbons (Fsp3) is 0.529. The first-order valence-electron chi connectivity index (χ1n) is 7.95. The van der Waals surface area contributed by atoms with Crippen molar-refractivity contribution in [3.63, 3.8) is 0 Å². The van der Waals surface area contributed by atoms with E-state index in [4.69, 9.17) is 25.1 Å². The van der Waals surface area contributed by atoms with Gasteiger partial charge in [0.25, 0.3) is 0 Å². The van der Waals surface area contributed by atoms with Gasteiger partial charge in [-0.3, -0.25) is 0 Å². The quantitative estimate of drug-likeness (QED) is 0.738. The molecule has 1 aliphatic heterocycles. The molecule has 136 valence electrons. The van der Waals surface area contributed by atoms with Crippen molar-refractivity contribution in [2.24, 2.45) is 11.1 Å².